The van der Waals surface area contributed by atoms with Crippen LogP contribution in [0.25, 0.3) is 0 Å². The lowest BCUT2D eigenvalue weighted by Gasteiger charge is -2.69. The lowest BCUT2D eigenvalue weighted by atomic mass is 9.41. The number of carbonyl (C=O) groups is 4. The summed E-state index contributed by atoms with van der Waals surface area (Å²) in [7, 11) is 0. The molecule has 0 unspecified atom stereocenters. The van der Waals surface area contributed by atoms with Crippen LogP contribution >= 0.6 is 0 Å². The van der Waals surface area contributed by atoms with E-state index in [-0.39, 0.29) is 25.0 Å². The van der Waals surface area contributed by atoms with E-state index in [1.54, 1.807) is 78.8 Å². The SMILES string of the molecule is CC(=O)O[C@@]12CO[C@@H]1C[C@H](O)[C@@]1(C)[C@H](O)[C@H](O)C3=C(C)[C@@H](OC(=O)[C@H](O)[C@H](C=C(C)C)NC(=O)OC(C)(C)C)C[C@@](C)([C@@H](OC(=O)c4ccccc4)[C@H]21)C3(C)C. The second-order valence-corrected chi connectivity index (χ2v) is 18.2. The summed E-state index contributed by atoms with van der Waals surface area (Å²) in [5.41, 5.74) is -4.84. The number of rotatable bonds is 8. The molecule has 0 radical (unpaired) electrons. The van der Waals surface area contributed by atoms with Gasteiger partial charge >= 0.3 is 24.0 Å². The first-order valence-electron chi connectivity index (χ1n) is 19.2. The van der Waals surface area contributed by atoms with E-state index in [2.05, 4.69) is 5.32 Å². The van der Waals surface area contributed by atoms with Crippen molar-refractivity contribution in [2.24, 2.45) is 22.2 Å². The molecule has 1 amide bonds. The second kappa shape index (κ2) is 15.2. The molecule has 2 saturated carbocycles. The van der Waals surface area contributed by atoms with Crippen LogP contribution in [0.3, 0.4) is 0 Å². The molecule has 4 aliphatic rings. The van der Waals surface area contributed by atoms with Crippen molar-refractivity contribution in [1.82, 2.24) is 5.32 Å². The molecule has 0 spiro atoms. The normalized spacial score (nSPS) is 35.7. The van der Waals surface area contributed by atoms with Gasteiger partial charge in [-0.25, -0.2) is 14.4 Å². The number of ether oxygens (including phenoxy) is 5. The van der Waals surface area contributed by atoms with E-state index in [0.29, 0.717) is 16.7 Å². The average molecular weight is 786 g/mol. The molecule has 12 atom stereocenters. The summed E-state index contributed by atoms with van der Waals surface area (Å²) in [6.45, 7) is 18.3. The molecule has 14 heteroatoms. The molecule has 56 heavy (non-hydrogen) atoms. The van der Waals surface area contributed by atoms with E-state index >= 15 is 0 Å². The van der Waals surface area contributed by atoms with Gasteiger partial charge in [-0.15, -0.1) is 0 Å². The number of aliphatic hydroxyl groups is 4. The molecule has 2 bridgehead atoms. The number of carbonyl (C=O) groups excluding carboxylic acids is 4. The van der Waals surface area contributed by atoms with Crippen molar-refractivity contribution in [3.63, 3.8) is 0 Å². The van der Waals surface area contributed by atoms with E-state index in [9.17, 15) is 39.6 Å². The first-order chi connectivity index (χ1) is 25.8. The number of esters is 3. The van der Waals surface area contributed by atoms with Crippen molar-refractivity contribution in [2.75, 3.05) is 6.61 Å². The number of allylic oxidation sites excluding steroid dienone is 1. The summed E-state index contributed by atoms with van der Waals surface area (Å²) in [6, 6.07) is 7.02. The lowest BCUT2D eigenvalue weighted by Crippen LogP contribution is -2.81. The standard InChI is InChI=1S/C42H59NO13/c1-21(2)17-25(43-37(51)56-38(5,6)7)30(46)36(50)53-26-19-40(10)34(54-35(49)24-15-13-12-14-16-24)32-41(11,33(48)31(47)29(22(26)3)39(40,8)9)27(45)18-28-42(32,20-52-28)55-23(4)44/h12-17,25-28,30-34,45-48H,18-20H2,1-11H3,(H,43,51)/t25-,26-,27-,28+,30+,31+,32-,33+,34-,40-,41+,42-/m0/s1. The van der Waals surface area contributed by atoms with E-state index < -0.39 is 106 Å². The first kappa shape index (κ1) is 43.3. The van der Waals surface area contributed by atoms with E-state index in [1.807, 2.05) is 20.8 Å². The number of hydrogen-bond acceptors (Lipinski definition) is 13. The maximum absolute atomic E-state index is 14.2. The molecule has 1 aliphatic heterocycles. The maximum Gasteiger partial charge on any atom is 0.408 e. The third-order valence-electron chi connectivity index (χ3n) is 12.8. The molecule has 1 saturated heterocycles. The van der Waals surface area contributed by atoms with E-state index in [1.165, 1.54) is 13.0 Å². The van der Waals surface area contributed by atoms with Crippen molar-refractivity contribution in [3.8, 4) is 0 Å². The summed E-state index contributed by atoms with van der Waals surface area (Å²) in [4.78, 5) is 53.8. The molecule has 0 aromatic heterocycles. The second-order valence-electron chi connectivity index (χ2n) is 18.2. The van der Waals surface area contributed by atoms with Crippen LogP contribution in [0, 0.1) is 22.2 Å². The number of alkyl carbamates (subject to hydrolysis) is 1. The molecule has 3 fully saturated rings. The average Bonchev–Trinajstić information content (AvgIpc) is 3.08. The highest BCUT2D eigenvalue weighted by Crippen LogP contribution is 2.67. The highest BCUT2D eigenvalue weighted by atomic mass is 16.6. The molecular formula is C42H59NO13. The van der Waals surface area contributed by atoms with Gasteiger partial charge in [0.05, 0.1) is 36.3 Å². The molecule has 14 nitrogen and oxygen atoms in total. The first-order valence-corrected chi connectivity index (χ1v) is 19.2. The zero-order valence-corrected chi connectivity index (χ0v) is 34.2. The quantitative estimate of drug-likeness (QED) is 0.144. The molecular weight excluding hydrogens is 726 g/mol. The van der Waals surface area contributed by atoms with Crippen LogP contribution < -0.4 is 5.32 Å². The third kappa shape index (κ3) is 7.39. The minimum atomic E-state index is -1.90. The number of nitrogens with one attached hydrogen (secondary N) is 1. The van der Waals surface area contributed by atoms with Gasteiger partial charge in [-0.1, -0.05) is 57.5 Å². The van der Waals surface area contributed by atoms with Gasteiger partial charge in [0.1, 0.15) is 30.0 Å². The lowest BCUT2D eigenvalue weighted by molar-refractivity contribution is -0.360. The van der Waals surface area contributed by atoms with Crippen LogP contribution in [0.1, 0.15) is 99.4 Å². The van der Waals surface area contributed by atoms with E-state index in [4.69, 9.17) is 23.7 Å². The minimum absolute atomic E-state index is 0.0378. The molecule has 1 aromatic rings. The van der Waals surface area contributed by atoms with Crippen molar-refractivity contribution in [3.05, 3.63) is 58.7 Å². The van der Waals surface area contributed by atoms with E-state index in [0.717, 1.165) is 0 Å². The monoisotopic (exact) mass is 785 g/mol. The number of fused-ring (bicyclic) bond motifs is 5. The largest absolute Gasteiger partial charge is 0.458 e. The van der Waals surface area contributed by atoms with Gasteiger partial charge in [0.25, 0.3) is 0 Å². The number of amides is 1. The molecule has 1 heterocycles. The van der Waals surface area contributed by atoms with Crippen molar-refractivity contribution in [2.45, 2.75) is 149 Å². The molecule has 3 aliphatic carbocycles. The Morgan fingerprint density at radius 1 is 0.982 bits per heavy atom. The minimum Gasteiger partial charge on any atom is -0.458 e. The van der Waals surface area contributed by atoms with Crippen LogP contribution in [-0.2, 0) is 33.3 Å². The Balaban J connectivity index is 1.67. The van der Waals surface area contributed by atoms with Crippen LogP contribution in [0.15, 0.2) is 53.1 Å². The summed E-state index contributed by atoms with van der Waals surface area (Å²) in [5, 5.41) is 50.6. The fourth-order valence-corrected chi connectivity index (χ4v) is 9.67. The molecule has 1 aromatic carbocycles. The van der Waals surface area contributed by atoms with Gasteiger partial charge in [0.15, 0.2) is 11.7 Å². The van der Waals surface area contributed by atoms with Gasteiger partial charge in [-0.05, 0) is 76.7 Å². The smallest absolute Gasteiger partial charge is 0.408 e. The Morgan fingerprint density at radius 2 is 1.61 bits per heavy atom. The summed E-state index contributed by atoms with van der Waals surface area (Å²) in [6.07, 6.45) is -9.30. The van der Waals surface area contributed by atoms with Gasteiger partial charge in [-0.3, -0.25) is 4.79 Å². The molecule has 310 valence electrons. The predicted molar refractivity (Wildman–Crippen MR) is 202 cm³/mol. The third-order valence-corrected chi connectivity index (χ3v) is 12.8. The van der Waals surface area contributed by atoms with Crippen LogP contribution in [0.5, 0.6) is 0 Å². The summed E-state index contributed by atoms with van der Waals surface area (Å²) in [5.74, 6) is -3.64. The Morgan fingerprint density at radius 3 is 2.14 bits per heavy atom. The summed E-state index contributed by atoms with van der Waals surface area (Å²) >= 11 is 0. The van der Waals surface area contributed by atoms with Crippen LogP contribution in [0.2, 0.25) is 0 Å². The van der Waals surface area contributed by atoms with Gasteiger partial charge < -0.3 is 49.4 Å². The highest BCUT2D eigenvalue weighted by molar-refractivity contribution is 5.89. The van der Waals surface area contributed by atoms with Gasteiger partial charge in [0, 0.05) is 24.2 Å². The number of aliphatic hydroxyl groups excluding tert-OH is 4. The Kier molecular flexibility index (Phi) is 11.7. The molecule has 5 rings (SSSR count). The zero-order valence-electron chi connectivity index (χ0n) is 34.2. The van der Waals surface area contributed by atoms with Crippen LogP contribution in [0.4, 0.5) is 4.79 Å². The van der Waals surface area contributed by atoms with Crippen molar-refractivity contribution < 1.29 is 63.3 Å². The fourth-order valence-electron chi connectivity index (χ4n) is 9.67. The molecule has 5 N–H and O–H groups in total. The highest BCUT2D eigenvalue weighted by Gasteiger charge is 2.77. The predicted octanol–water partition coefficient (Wildman–Crippen LogP) is 3.92. The maximum atomic E-state index is 14.2. The number of hydrogen-bond donors (Lipinski definition) is 5. The van der Waals surface area contributed by atoms with Crippen LogP contribution in [-0.4, -0.2) is 111 Å². The van der Waals surface area contributed by atoms with Crippen molar-refractivity contribution >= 4 is 24.0 Å². The van der Waals surface area contributed by atoms with Crippen molar-refractivity contribution in [1.29, 1.82) is 0 Å². The Hall–Kier alpha value is -3.82. The van der Waals surface area contributed by atoms with Gasteiger partial charge in [0.2, 0.25) is 0 Å². The number of benzene rings is 1. The Bertz CT molecular complexity index is 1760. The topological polar surface area (TPSA) is 207 Å². The Labute approximate surface area is 328 Å². The summed E-state index contributed by atoms with van der Waals surface area (Å²) < 4.78 is 30.1. The van der Waals surface area contributed by atoms with Gasteiger partial charge in [-0.2, -0.15) is 0 Å². The fraction of sp³-hybridized carbons (Fsp3) is 0.667. The zero-order chi connectivity index (χ0) is 41.9.